The summed E-state index contributed by atoms with van der Waals surface area (Å²) in [6.45, 7) is 0.229. The molecule has 0 atom stereocenters. The van der Waals surface area contributed by atoms with Crippen molar-refractivity contribution in [2.75, 3.05) is 13.1 Å². The highest BCUT2D eigenvalue weighted by Gasteiger charge is 2.35. The van der Waals surface area contributed by atoms with Crippen LogP contribution in [-0.4, -0.2) is 41.7 Å². The Balaban J connectivity index is 1.20. The maximum atomic E-state index is 12.5. The Kier molecular flexibility index (Phi) is 6.82. The predicted molar refractivity (Wildman–Crippen MR) is 137 cm³/mol. The Labute approximate surface area is 216 Å². The Morgan fingerprint density at radius 3 is 2.24 bits per heavy atom. The maximum Gasteiger partial charge on any atom is 0.349 e. The number of rotatable bonds is 8. The summed E-state index contributed by atoms with van der Waals surface area (Å²) in [7, 11) is 0. The molecule has 1 aliphatic heterocycles. The monoisotopic (exact) mass is 510 g/mol. The van der Waals surface area contributed by atoms with Crippen molar-refractivity contribution in [2.45, 2.75) is 12.8 Å². The summed E-state index contributed by atoms with van der Waals surface area (Å²) in [5, 5.41) is 3.20. The summed E-state index contributed by atoms with van der Waals surface area (Å²) < 4.78 is 10.6. The molecule has 0 fully saturated rings. The van der Waals surface area contributed by atoms with Crippen LogP contribution in [0.5, 0.6) is 5.75 Å². The first-order valence-corrected chi connectivity index (χ1v) is 12.0. The molecule has 2 heterocycles. The first kappa shape index (κ1) is 24.6. The Morgan fingerprint density at radius 1 is 0.842 bits per heavy atom. The Morgan fingerprint density at radius 2 is 1.53 bits per heavy atom. The molecule has 1 aliphatic rings. The lowest BCUT2D eigenvalue weighted by Crippen LogP contribution is -2.32. The normalized spacial score (nSPS) is 12.5. The van der Waals surface area contributed by atoms with Crippen molar-refractivity contribution in [1.82, 2.24) is 10.2 Å². The number of fused-ring (bicyclic) bond motifs is 2. The van der Waals surface area contributed by atoms with Crippen LogP contribution in [0, 0.1) is 0 Å². The number of carbonyl (C=O) groups is 4. The summed E-state index contributed by atoms with van der Waals surface area (Å²) in [5.41, 5.74) is 0.866. The van der Waals surface area contributed by atoms with Crippen molar-refractivity contribution >= 4 is 34.7 Å². The third-order valence-electron chi connectivity index (χ3n) is 6.14. The van der Waals surface area contributed by atoms with Crippen LogP contribution in [0.3, 0.4) is 0 Å². The number of imide groups is 1. The van der Waals surface area contributed by atoms with E-state index in [9.17, 15) is 24.0 Å². The molecule has 0 saturated carbocycles. The van der Waals surface area contributed by atoms with E-state index < -0.39 is 29.3 Å². The molecule has 0 saturated heterocycles. The van der Waals surface area contributed by atoms with Crippen LogP contribution in [0.2, 0.25) is 0 Å². The van der Waals surface area contributed by atoms with Gasteiger partial charge in [0.2, 0.25) is 0 Å². The van der Waals surface area contributed by atoms with Gasteiger partial charge in [-0.05, 0) is 42.3 Å². The van der Waals surface area contributed by atoms with E-state index in [4.69, 9.17) is 9.15 Å². The standard InChI is InChI=1S/C29H22N2O7/c32-25(13-15-31-27(34)21-8-4-5-9-22(21)28(31)35)37-20-11-10-19-16-23(29(36)38-24(19)17-20)26(33)30-14-12-18-6-2-1-3-7-18/h1-11,16-17H,12-15H2,(H,30,33). The molecule has 9 nitrogen and oxygen atoms in total. The average Bonchev–Trinajstić information content (AvgIpc) is 3.16. The molecule has 1 aromatic heterocycles. The molecule has 0 unspecified atom stereocenters. The van der Waals surface area contributed by atoms with Crippen LogP contribution >= 0.6 is 0 Å². The fraction of sp³-hybridized carbons (Fsp3) is 0.138. The van der Waals surface area contributed by atoms with Crippen molar-refractivity contribution in [1.29, 1.82) is 0 Å². The van der Waals surface area contributed by atoms with E-state index >= 15 is 0 Å². The summed E-state index contributed by atoms with van der Waals surface area (Å²) in [4.78, 5) is 63.2. The second kappa shape index (κ2) is 10.5. The van der Waals surface area contributed by atoms with Gasteiger partial charge in [-0.3, -0.25) is 24.1 Å². The molecule has 9 heteroatoms. The summed E-state index contributed by atoms with van der Waals surface area (Å²) in [5.74, 6) is -2.00. The van der Waals surface area contributed by atoms with Crippen molar-refractivity contribution in [2.24, 2.45) is 0 Å². The fourth-order valence-electron chi connectivity index (χ4n) is 4.20. The van der Waals surface area contributed by atoms with E-state index in [1.807, 2.05) is 30.3 Å². The van der Waals surface area contributed by atoms with Gasteiger partial charge in [-0.15, -0.1) is 0 Å². The number of nitrogens with one attached hydrogen (secondary N) is 1. The van der Waals surface area contributed by atoms with Gasteiger partial charge in [-0.25, -0.2) is 4.79 Å². The van der Waals surface area contributed by atoms with Gasteiger partial charge in [-0.2, -0.15) is 0 Å². The molecule has 3 amide bonds. The molecule has 3 aromatic carbocycles. The van der Waals surface area contributed by atoms with Gasteiger partial charge in [0.15, 0.2) is 0 Å². The van der Waals surface area contributed by atoms with Gasteiger partial charge in [0.1, 0.15) is 16.9 Å². The Hall–Kier alpha value is -5.05. The van der Waals surface area contributed by atoms with E-state index in [1.165, 1.54) is 18.2 Å². The summed E-state index contributed by atoms with van der Waals surface area (Å²) >= 11 is 0. The van der Waals surface area contributed by atoms with Crippen molar-refractivity contribution in [3.63, 3.8) is 0 Å². The number of nitrogens with zero attached hydrogens (tertiary/aromatic N) is 1. The number of carbonyl (C=O) groups excluding carboxylic acids is 4. The highest BCUT2D eigenvalue weighted by atomic mass is 16.5. The number of hydrogen-bond acceptors (Lipinski definition) is 7. The quantitative estimate of drug-likeness (QED) is 0.167. The second-order valence-corrected chi connectivity index (χ2v) is 8.67. The molecule has 4 aromatic rings. The highest BCUT2D eigenvalue weighted by Crippen LogP contribution is 2.24. The molecule has 0 spiro atoms. The highest BCUT2D eigenvalue weighted by molar-refractivity contribution is 6.21. The van der Waals surface area contributed by atoms with E-state index in [1.54, 1.807) is 30.3 Å². The number of benzene rings is 3. The van der Waals surface area contributed by atoms with Gasteiger partial charge in [0.05, 0.1) is 17.5 Å². The zero-order valence-corrected chi connectivity index (χ0v) is 20.1. The number of amides is 3. The zero-order valence-electron chi connectivity index (χ0n) is 20.1. The second-order valence-electron chi connectivity index (χ2n) is 8.67. The molecular formula is C29H22N2O7. The molecule has 1 N–H and O–H groups in total. The van der Waals surface area contributed by atoms with Crippen molar-refractivity contribution in [3.8, 4) is 5.75 Å². The van der Waals surface area contributed by atoms with Crippen LogP contribution in [0.1, 0.15) is 43.1 Å². The largest absolute Gasteiger partial charge is 0.426 e. The smallest absolute Gasteiger partial charge is 0.349 e. The third-order valence-corrected chi connectivity index (χ3v) is 6.14. The lowest BCUT2D eigenvalue weighted by molar-refractivity contribution is -0.134. The first-order chi connectivity index (χ1) is 18.4. The van der Waals surface area contributed by atoms with Gasteiger partial charge < -0.3 is 14.5 Å². The number of ether oxygens (including phenoxy) is 1. The van der Waals surface area contributed by atoms with Crippen molar-refractivity contribution in [3.05, 3.63) is 112 Å². The van der Waals surface area contributed by atoms with Crippen LogP contribution < -0.4 is 15.7 Å². The van der Waals surface area contributed by atoms with E-state index in [-0.39, 0.29) is 29.9 Å². The van der Waals surface area contributed by atoms with Gasteiger partial charge >= 0.3 is 11.6 Å². The maximum absolute atomic E-state index is 12.5. The molecule has 5 rings (SSSR count). The fourth-order valence-corrected chi connectivity index (χ4v) is 4.20. The Bertz CT molecular complexity index is 1590. The van der Waals surface area contributed by atoms with Crippen molar-refractivity contribution < 1.29 is 28.3 Å². The third kappa shape index (κ3) is 5.08. The topological polar surface area (TPSA) is 123 Å². The van der Waals surface area contributed by atoms with E-state index in [2.05, 4.69) is 5.32 Å². The van der Waals surface area contributed by atoms with Gasteiger partial charge in [0, 0.05) is 24.5 Å². The molecule has 0 radical (unpaired) electrons. The molecule has 0 bridgehead atoms. The number of hydrogen-bond donors (Lipinski definition) is 1. The van der Waals surface area contributed by atoms with Gasteiger partial charge in [0.25, 0.3) is 17.7 Å². The van der Waals surface area contributed by atoms with Gasteiger partial charge in [-0.1, -0.05) is 42.5 Å². The minimum atomic E-state index is -0.816. The molecule has 190 valence electrons. The van der Waals surface area contributed by atoms with Crippen LogP contribution in [0.15, 0.2) is 88.1 Å². The molecular weight excluding hydrogens is 488 g/mol. The summed E-state index contributed by atoms with van der Waals surface area (Å²) in [6.07, 6.45) is 0.406. The first-order valence-electron chi connectivity index (χ1n) is 12.0. The average molecular weight is 511 g/mol. The van der Waals surface area contributed by atoms with Crippen LogP contribution in [0.4, 0.5) is 0 Å². The predicted octanol–water partition coefficient (Wildman–Crippen LogP) is 3.36. The number of esters is 1. The lowest BCUT2D eigenvalue weighted by atomic mass is 10.1. The van der Waals surface area contributed by atoms with E-state index in [0.29, 0.717) is 29.5 Å². The lowest BCUT2D eigenvalue weighted by Gasteiger charge is -2.13. The minimum Gasteiger partial charge on any atom is -0.426 e. The van der Waals surface area contributed by atoms with Crippen LogP contribution in [-0.2, 0) is 11.2 Å². The zero-order chi connectivity index (χ0) is 26.6. The minimum absolute atomic E-state index is 0.119. The molecule has 0 aliphatic carbocycles. The summed E-state index contributed by atoms with van der Waals surface area (Å²) in [6, 6.07) is 22.0. The SMILES string of the molecule is O=C(CCN1C(=O)c2ccccc2C1=O)Oc1ccc2cc(C(=O)NCCc3ccccc3)c(=O)oc2c1. The van der Waals surface area contributed by atoms with E-state index in [0.717, 1.165) is 10.5 Å². The van der Waals surface area contributed by atoms with Crippen LogP contribution in [0.25, 0.3) is 11.0 Å². The molecule has 38 heavy (non-hydrogen) atoms.